The van der Waals surface area contributed by atoms with Crippen LogP contribution in [0, 0.1) is 0 Å². The van der Waals surface area contributed by atoms with Gasteiger partial charge in [0.15, 0.2) is 0 Å². The second-order valence-corrected chi connectivity index (χ2v) is 2.76. The molecule has 0 saturated carbocycles. The molecule has 0 unspecified atom stereocenters. The van der Waals surface area contributed by atoms with E-state index in [2.05, 4.69) is 11.9 Å². The van der Waals surface area contributed by atoms with Crippen molar-refractivity contribution in [3.8, 4) is 0 Å². The van der Waals surface area contributed by atoms with Crippen LogP contribution >= 0.6 is 0 Å². The highest BCUT2D eigenvalue weighted by atomic mass is 14.7. The Kier molecular flexibility index (Phi) is 3.20. The fourth-order valence-electron chi connectivity index (χ4n) is 1.23. The molecule has 1 aliphatic heterocycles. The molecule has 56 valence electrons. The molecule has 1 heterocycles. The Balaban J connectivity index is 2.41. The largest absolute Gasteiger partial charge is 0.269 e. The van der Waals surface area contributed by atoms with Crippen LogP contribution in [0.2, 0.25) is 0 Å². The van der Waals surface area contributed by atoms with Crippen molar-refractivity contribution in [1.29, 1.82) is 0 Å². The molecule has 0 bridgehead atoms. The van der Waals surface area contributed by atoms with Crippen molar-refractivity contribution in [2.45, 2.75) is 39.0 Å². The Morgan fingerprint density at radius 3 is 3.30 bits per heavy atom. The van der Waals surface area contributed by atoms with Gasteiger partial charge in [0.1, 0.15) is 0 Å². The van der Waals surface area contributed by atoms with Crippen LogP contribution < -0.4 is 0 Å². The summed E-state index contributed by atoms with van der Waals surface area (Å²) in [7, 11) is 0. The molecule has 0 atom stereocenters. The molecule has 0 saturated heterocycles. The standard InChI is InChI=1S/C9H15N/c1-2-5-9-6-3-4-7-10-8-9/h7-8H,2-6H2,1H3. The second kappa shape index (κ2) is 4.26. The van der Waals surface area contributed by atoms with E-state index >= 15 is 0 Å². The zero-order valence-electron chi connectivity index (χ0n) is 6.64. The summed E-state index contributed by atoms with van der Waals surface area (Å²) < 4.78 is 0. The van der Waals surface area contributed by atoms with E-state index in [-0.39, 0.29) is 0 Å². The minimum Gasteiger partial charge on any atom is -0.269 e. The maximum absolute atomic E-state index is 4.18. The summed E-state index contributed by atoms with van der Waals surface area (Å²) in [4.78, 5) is 4.18. The van der Waals surface area contributed by atoms with Gasteiger partial charge < -0.3 is 0 Å². The van der Waals surface area contributed by atoms with Crippen LogP contribution in [-0.2, 0) is 0 Å². The smallest absolute Gasteiger partial charge is 0.0255 e. The molecule has 0 N–H and O–H groups in total. The van der Waals surface area contributed by atoms with Crippen molar-refractivity contribution >= 4 is 6.21 Å². The molecule has 0 fully saturated rings. The average Bonchev–Trinajstić information content (AvgIpc) is 2.17. The third kappa shape index (κ3) is 2.34. The van der Waals surface area contributed by atoms with Gasteiger partial charge in [-0.1, -0.05) is 18.9 Å². The molecule has 1 rings (SSSR count). The van der Waals surface area contributed by atoms with Gasteiger partial charge in [-0.15, -0.1) is 0 Å². The normalized spacial score (nSPS) is 18.3. The summed E-state index contributed by atoms with van der Waals surface area (Å²) in [6, 6.07) is 0. The minimum absolute atomic E-state index is 1.16. The lowest BCUT2D eigenvalue weighted by atomic mass is 10.1. The first kappa shape index (κ1) is 7.52. The van der Waals surface area contributed by atoms with Crippen molar-refractivity contribution in [1.82, 2.24) is 0 Å². The van der Waals surface area contributed by atoms with E-state index in [9.17, 15) is 0 Å². The van der Waals surface area contributed by atoms with Crippen molar-refractivity contribution in [2.24, 2.45) is 4.99 Å². The predicted molar refractivity (Wildman–Crippen MR) is 45.3 cm³/mol. The maximum Gasteiger partial charge on any atom is 0.0255 e. The van der Waals surface area contributed by atoms with Gasteiger partial charge in [-0.05, 0) is 25.7 Å². The van der Waals surface area contributed by atoms with Crippen molar-refractivity contribution in [2.75, 3.05) is 0 Å². The summed E-state index contributed by atoms with van der Waals surface area (Å²) in [6.07, 6.45) is 10.2. The number of hydrogen-bond donors (Lipinski definition) is 0. The number of allylic oxidation sites excluding steroid dienone is 1. The van der Waals surface area contributed by atoms with Gasteiger partial charge in [0, 0.05) is 12.4 Å². The van der Waals surface area contributed by atoms with E-state index in [1.165, 1.54) is 31.3 Å². The average molecular weight is 137 g/mol. The van der Waals surface area contributed by atoms with E-state index in [4.69, 9.17) is 0 Å². The zero-order chi connectivity index (χ0) is 7.23. The van der Waals surface area contributed by atoms with Gasteiger partial charge in [0.2, 0.25) is 0 Å². The number of nitrogens with zero attached hydrogens (tertiary/aromatic N) is 1. The van der Waals surface area contributed by atoms with Gasteiger partial charge in [0.05, 0.1) is 0 Å². The summed E-state index contributed by atoms with van der Waals surface area (Å²) in [5, 5.41) is 0. The Labute approximate surface area is 62.9 Å². The third-order valence-corrected chi connectivity index (χ3v) is 1.76. The van der Waals surface area contributed by atoms with E-state index in [1.54, 1.807) is 0 Å². The first-order chi connectivity index (χ1) is 4.93. The molecule has 0 aromatic carbocycles. The highest BCUT2D eigenvalue weighted by Crippen LogP contribution is 2.15. The maximum atomic E-state index is 4.18. The first-order valence-corrected chi connectivity index (χ1v) is 4.13. The van der Waals surface area contributed by atoms with Gasteiger partial charge in [-0.3, -0.25) is 4.99 Å². The van der Waals surface area contributed by atoms with Crippen LogP contribution in [0.25, 0.3) is 0 Å². The second-order valence-electron chi connectivity index (χ2n) is 2.76. The monoisotopic (exact) mass is 137 g/mol. The van der Waals surface area contributed by atoms with Crippen LogP contribution in [0.5, 0.6) is 0 Å². The predicted octanol–water partition coefficient (Wildman–Crippen LogP) is 2.93. The lowest BCUT2D eigenvalue weighted by Crippen LogP contribution is -1.81. The van der Waals surface area contributed by atoms with Crippen LogP contribution in [-0.4, -0.2) is 6.21 Å². The van der Waals surface area contributed by atoms with E-state index in [0.29, 0.717) is 0 Å². The van der Waals surface area contributed by atoms with Gasteiger partial charge in [0.25, 0.3) is 0 Å². The van der Waals surface area contributed by atoms with Crippen LogP contribution in [0.1, 0.15) is 39.0 Å². The Bertz CT molecular complexity index is 141. The van der Waals surface area contributed by atoms with E-state index < -0.39 is 0 Å². The summed E-state index contributed by atoms with van der Waals surface area (Å²) >= 11 is 0. The Morgan fingerprint density at radius 1 is 1.60 bits per heavy atom. The quantitative estimate of drug-likeness (QED) is 0.555. The van der Waals surface area contributed by atoms with Crippen molar-refractivity contribution < 1.29 is 0 Å². The number of aliphatic imine (C=N–C) groups is 1. The SMILES string of the molecule is CCCC1=CN=CCCC1. The first-order valence-electron chi connectivity index (χ1n) is 4.13. The zero-order valence-corrected chi connectivity index (χ0v) is 6.64. The molecule has 0 radical (unpaired) electrons. The molecule has 1 heteroatoms. The number of hydrogen-bond acceptors (Lipinski definition) is 1. The molecular formula is C9H15N. The lowest BCUT2D eigenvalue weighted by molar-refractivity contribution is 0.789. The molecular weight excluding hydrogens is 122 g/mol. The fourth-order valence-corrected chi connectivity index (χ4v) is 1.23. The molecule has 10 heavy (non-hydrogen) atoms. The molecule has 1 aliphatic rings. The summed E-state index contributed by atoms with van der Waals surface area (Å²) in [5.74, 6) is 0. The topological polar surface area (TPSA) is 12.4 Å². The van der Waals surface area contributed by atoms with Crippen LogP contribution in [0.15, 0.2) is 16.8 Å². The molecule has 0 aliphatic carbocycles. The third-order valence-electron chi connectivity index (χ3n) is 1.76. The summed E-state index contributed by atoms with van der Waals surface area (Å²) in [6.45, 7) is 2.22. The van der Waals surface area contributed by atoms with Gasteiger partial charge >= 0.3 is 0 Å². The van der Waals surface area contributed by atoms with Gasteiger partial charge in [-0.25, -0.2) is 0 Å². The van der Waals surface area contributed by atoms with Crippen molar-refractivity contribution in [3.63, 3.8) is 0 Å². The molecule has 0 amide bonds. The molecule has 0 aromatic heterocycles. The molecule has 0 spiro atoms. The minimum atomic E-state index is 1.16. The van der Waals surface area contributed by atoms with E-state index in [1.807, 2.05) is 12.4 Å². The fraction of sp³-hybridized carbons (Fsp3) is 0.667. The molecule has 0 aromatic rings. The number of rotatable bonds is 2. The summed E-state index contributed by atoms with van der Waals surface area (Å²) in [5.41, 5.74) is 1.52. The van der Waals surface area contributed by atoms with Crippen molar-refractivity contribution in [3.05, 3.63) is 11.8 Å². The van der Waals surface area contributed by atoms with Gasteiger partial charge in [-0.2, -0.15) is 0 Å². The Hall–Kier alpha value is -0.590. The highest BCUT2D eigenvalue weighted by molar-refractivity contribution is 5.58. The Morgan fingerprint density at radius 2 is 2.50 bits per heavy atom. The highest BCUT2D eigenvalue weighted by Gasteiger charge is 1.97. The lowest BCUT2D eigenvalue weighted by Gasteiger charge is -1.99. The molecule has 1 nitrogen and oxygen atoms in total. The van der Waals surface area contributed by atoms with E-state index in [0.717, 1.165) is 6.42 Å². The van der Waals surface area contributed by atoms with Crippen LogP contribution in [0.3, 0.4) is 0 Å². The van der Waals surface area contributed by atoms with Crippen LogP contribution in [0.4, 0.5) is 0 Å².